The maximum Gasteiger partial charge on any atom is 0.384 e. The van der Waals surface area contributed by atoms with E-state index in [0.29, 0.717) is 23.9 Å². The first-order valence-corrected chi connectivity index (χ1v) is 9.09. The zero-order valence-corrected chi connectivity index (χ0v) is 16.9. The summed E-state index contributed by atoms with van der Waals surface area (Å²) < 4.78 is 15.9. The minimum atomic E-state index is -0.596. The van der Waals surface area contributed by atoms with Crippen LogP contribution in [-0.2, 0) is 9.53 Å². The molecule has 0 saturated carbocycles. The minimum absolute atomic E-state index is 0.169. The average Bonchev–Trinajstić information content (AvgIpc) is 2.71. The van der Waals surface area contributed by atoms with Crippen molar-refractivity contribution in [1.82, 2.24) is 15.0 Å². The van der Waals surface area contributed by atoms with Crippen LogP contribution in [0.4, 0.5) is 0 Å². The third-order valence-corrected chi connectivity index (χ3v) is 4.25. The van der Waals surface area contributed by atoms with Gasteiger partial charge in [0.1, 0.15) is 17.1 Å². The Bertz CT molecular complexity index is 856. The lowest BCUT2D eigenvalue weighted by Crippen LogP contribution is -2.17. The monoisotopic (exact) mass is 383 g/mol. The molecule has 0 fully saturated rings. The molecular formula is C21H25N3O4. The highest BCUT2D eigenvalue weighted by Gasteiger charge is 2.18. The maximum atomic E-state index is 11.5. The molecule has 0 amide bonds. The van der Waals surface area contributed by atoms with Crippen LogP contribution in [0.15, 0.2) is 24.5 Å². The molecule has 0 bridgehead atoms. The van der Waals surface area contributed by atoms with Crippen molar-refractivity contribution in [2.45, 2.75) is 33.6 Å². The molecule has 2 atom stereocenters. The van der Waals surface area contributed by atoms with E-state index >= 15 is 0 Å². The second-order valence-corrected chi connectivity index (χ2v) is 6.31. The lowest BCUT2D eigenvalue weighted by Gasteiger charge is -2.20. The molecular weight excluding hydrogens is 358 g/mol. The van der Waals surface area contributed by atoms with Gasteiger partial charge < -0.3 is 14.2 Å². The number of hydrogen-bond acceptors (Lipinski definition) is 7. The van der Waals surface area contributed by atoms with Crippen molar-refractivity contribution in [3.05, 3.63) is 41.6 Å². The average molecular weight is 383 g/mol. The zero-order valence-electron chi connectivity index (χ0n) is 16.9. The van der Waals surface area contributed by atoms with Gasteiger partial charge in [-0.05, 0) is 37.8 Å². The van der Waals surface area contributed by atoms with Gasteiger partial charge in [0.05, 0.1) is 32.7 Å². The topological polar surface area (TPSA) is 83.4 Å². The number of ether oxygens (including phenoxy) is 3. The van der Waals surface area contributed by atoms with Gasteiger partial charge in [0.25, 0.3) is 0 Å². The highest BCUT2D eigenvalue weighted by atomic mass is 16.5. The Labute approximate surface area is 165 Å². The Kier molecular flexibility index (Phi) is 7.76. The number of esters is 1. The fourth-order valence-corrected chi connectivity index (χ4v) is 2.36. The van der Waals surface area contributed by atoms with Crippen LogP contribution in [-0.4, -0.2) is 41.2 Å². The summed E-state index contributed by atoms with van der Waals surface area (Å²) in [4.78, 5) is 24.3. The van der Waals surface area contributed by atoms with Crippen LogP contribution < -0.4 is 9.47 Å². The largest absolute Gasteiger partial charge is 0.495 e. The molecule has 0 aromatic carbocycles. The van der Waals surface area contributed by atoms with E-state index in [1.165, 1.54) is 0 Å². The van der Waals surface area contributed by atoms with E-state index < -0.39 is 5.97 Å². The van der Waals surface area contributed by atoms with Crippen LogP contribution in [0.2, 0.25) is 0 Å². The summed E-state index contributed by atoms with van der Waals surface area (Å²) in [5.74, 6) is 6.52. The molecule has 7 heteroatoms. The molecule has 0 aliphatic heterocycles. The third-order valence-electron chi connectivity index (χ3n) is 4.25. The number of hydrogen-bond donors (Lipinski definition) is 0. The molecule has 0 N–H and O–H groups in total. The molecule has 0 aliphatic carbocycles. The molecule has 7 nitrogen and oxygen atoms in total. The Morgan fingerprint density at radius 2 is 2.00 bits per heavy atom. The molecule has 2 rings (SSSR count). The Morgan fingerprint density at radius 3 is 2.64 bits per heavy atom. The predicted octanol–water partition coefficient (Wildman–Crippen LogP) is 2.92. The molecule has 0 spiro atoms. The lowest BCUT2D eigenvalue weighted by molar-refractivity contribution is -0.136. The van der Waals surface area contributed by atoms with Crippen molar-refractivity contribution in [3.8, 4) is 23.5 Å². The standard InChI is InChI=1S/C21H25N3O4/c1-6-27-20(25)10-7-17-11-22-16(4)24-21(17)28-13-14(2)15(3)19-9-8-18(26-5)12-23-19/h8-9,11-12,14-15H,6,13H2,1-5H3/t14-,15+/m1/s1. The molecule has 2 aromatic rings. The van der Waals surface area contributed by atoms with Gasteiger partial charge in [0.15, 0.2) is 0 Å². The minimum Gasteiger partial charge on any atom is -0.495 e. The smallest absolute Gasteiger partial charge is 0.384 e. The molecule has 0 saturated heterocycles. The summed E-state index contributed by atoms with van der Waals surface area (Å²) in [5.41, 5.74) is 1.40. The second kappa shape index (κ2) is 10.3. The molecule has 2 heterocycles. The van der Waals surface area contributed by atoms with Crippen LogP contribution in [0.3, 0.4) is 0 Å². The Morgan fingerprint density at radius 1 is 1.21 bits per heavy atom. The van der Waals surface area contributed by atoms with Crippen LogP contribution in [0.1, 0.15) is 43.8 Å². The first-order valence-electron chi connectivity index (χ1n) is 9.09. The van der Waals surface area contributed by atoms with Gasteiger partial charge in [-0.1, -0.05) is 13.8 Å². The van der Waals surface area contributed by atoms with Crippen molar-refractivity contribution < 1.29 is 19.0 Å². The highest BCUT2D eigenvalue weighted by molar-refractivity contribution is 5.89. The molecule has 0 aliphatic rings. The fourth-order valence-electron chi connectivity index (χ4n) is 2.36. The number of nitrogens with zero attached hydrogens (tertiary/aromatic N) is 3. The van der Waals surface area contributed by atoms with Gasteiger partial charge in [-0.25, -0.2) is 9.78 Å². The van der Waals surface area contributed by atoms with Gasteiger partial charge in [-0.15, -0.1) is 0 Å². The lowest BCUT2D eigenvalue weighted by atomic mass is 9.93. The third kappa shape index (κ3) is 5.95. The van der Waals surface area contributed by atoms with Gasteiger partial charge in [0, 0.05) is 17.5 Å². The summed E-state index contributed by atoms with van der Waals surface area (Å²) >= 11 is 0. The van der Waals surface area contributed by atoms with E-state index in [0.717, 1.165) is 11.4 Å². The van der Waals surface area contributed by atoms with E-state index in [1.807, 2.05) is 12.1 Å². The number of aryl methyl sites for hydroxylation is 1. The predicted molar refractivity (Wildman–Crippen MR) is 104 cm³/mol. The van der Waals surface area contributed by atoms with Gasteiger partial charge in [-0.2, -0.15) is 4.98 Å². The molecule has 0 unspecified atom stereocenters. The number of aromatic nitrogens is 3. The van der Waals surface area contributed by atoms with Crippen molar-refractivity contribution in [2.24, 2.45) is 5.92 Å². The van der Waals surface area contributed by atoms with Gasteiger partial charge in [-0.3, -0.25) is 4.98 Å². The SMILES string of the molecule is CCOC(=O)C#Cc1cnc(C)nc1OC[C@@H](C)[C@H](C)c1ccc(OC)cn1. The quantitative estimate of drug-likeness (QED) is 0.537. The van der Waals surface area contributed by atoms with Gasteiger partial charge >= 0.3 is 5.97 Å². The molecule has 2 aromatic heterocycles. The zero-order chi connectivity index (χ0) is 20.5. The number of carbonyl (C=O) groups is 1. The molecule has 28 heavy (non-hydrogen) atoms. The van der Waals surface area contributed by atoms with E-state index in [4.69, 9.17) is 14.2 Å². The van der Waals surface area contributed by atoms with Crippen LogP contribution >= 0.6 is 0 Å². The normalized spacial score (nSPS) is 12.3. The summed E-state index contributed by atoms with van der Waals surface area (Å²) in [6.07, 6.45) is 3.25. The Hall–Kier alpha value is -3.14. The van der Waals surface area contributed by atoms with Crippen molar-refractivity contribution in [2.75, 3.05) is 20.3 Å². The fraction of sp³-hybridized carbons (Fsp3) is 0.429. The number of carbonyl (C=O) groups excluding carboxylic acids is 1. The van der Waals surface area contributed by atoms with Crippen molar-refractivity contribution in [1.29, 1.82) is 0 Å². The van der Waals surface area contributed by atoms with Gasteiger partial charge in [0.2, 0.25) is 5.88 Å². The number of rotatable bonds is 7. The van der Waals surface area contributed by atoms with E-state index in [-0.39, 0.29) is 18.4 Å². The number of pyridine rings is 1. The molecule has 148 valence electrons. The maximum absolute atomic E-state index is 11.5. The summed E-state index contributed by atoms with van der Waals surface area (Å²) in [7, 11) is 1.61. The van der Waals surface area contributed by atoms with E-state index in [2.05, 4.69) is 40.6 Å². The van der Waals surface area contributed by atoms with E-state index in [9.17, 15) is 4.79 Å². The van der Waals surface area contributed by atoms with E-state index in [1.54, 1.807) is 33.4 Å². The van der Waals surface area contributed by atoms with Crippen LogP contribution in [0.5, 0.6) is 11.6 Å². The first-order chi connectivity index (χ1) is 13.4. The summed E-state index contributed by atoms with van der Waals surface area (Å²) in [6, 6.07) is 3.84. The summed E-state index contributed by atoms with van der Waals surface area (Å²) in [5, 5.41) is 0. The van der Waals surface area contributed by atoms with Crippen LogP contribution in [0.25, 0.3) is 0 Å². The van der Waals surface area contributed by atoms with Crippen LogP contribution in [0, 0.1) is 24.7 Å². The highest BCUT2D eigenvalue weighted by Crippen LogP contribution is 2.25. The van der Waals surface area contributed by atoms with Crippen molar-refractivity contribution in [3.63, 3.8) is 0 Å². The number of methoxy groups -OCH3 is 1. The van der Waals surface area contributed by atoms with Crippen molar-refractivity contribution >= 4 is 5.97 Å². The molecule has 0 radical (unpaired) electrons. The Balaban J connectivity index is 2.07. The first kappa shape index (κ1) is 21.2. The second-order valence-electron chi connectivity index (χ2n) is 6.31. The summed E-state index contributed by atoms with van der Waals surface area (Å²) in [6.45, 7) is 8.35.